The van der Waals surface area contributed by atoms with Gasteiger partial charge in [-0.15, -0.1) is 0 Å². The van der Waals surface area contributed by atoms with Gasteiger partial charge < -0.3 is 5.32 Å². The lowest BCUT2D eigenvalue weighted by Gasteiger charge is -2.06. The van der Waals surface area contributed by atoms with E-state index in [1.807, 2.05) is 12.1 Å². The number of benzene rings is 1. The predicted molar refractivity (Wildman–Crippen MR) is 85.6 cm³/mol. The molecule has 0 atom stereocenters. The van der Waals surface area contributed by atoms with Gasteiger partial charge in [0.1, 0.15) is 12.1 Å². The Morgan fingerprint density at radius 1 is 1.29 bits per heavy atom. The Labute approximate surface area is 136 Å². The molecule has 0 aliphatic heterocycles. The van der Waals surface area contributed by atoms with Crippen LogP contribution in [0.15, 0.2) is 61.3 Å². The first-order valence-corrected chi connectivity index (χ1v) is 7.09. The summed E-state index contributed by atoms with van der Waals surface area (Å²) in [5.41, 5.74) is 0.943. The maximum atomic E-state index is 12.1. The van der Waals surface area contributed by atoms with Crippen molar-refractivity contribution in [3.8, 4) is 5.82 Å². The minimum Gasteiger partial charge on any atom is -0.348 e. The first-order valence-electron chi connectivity index (χ1n) is 7.09. The van der Waals surface area contributed by atoms with Crippen LogP contribution in [0.2, 0.25) is 0 Å². The number of rotatable bonds is 5. The maximum absolute atomic E-state index is 12.1. The van der Waals surface area contributed by atoms with Crippen molar-refractivity contribution in [2.24, 2.45) is 0 Å². The standard InChI is InChI=1S/C16H13N5O3/c22-16(13-2-1-3-14(8-13)21(23)24)19-10-12-4-5-15(18-9-12)20-7-6-17-11-20/h1-9,11H,10H2,(H,19,22). The van der Waals surface area contributed by atoms with Crippen LogP contribution < -0.4 is 5.32 Å². The van der Waals surface area contributed by atoms with Gasteiger partial charge in [-0.05, 0) is 17.7 Å². The van der Waals surface area contributed by atoms with E-state index in [2.05, 4.69) is 15.3 Å². The van der Waals surface area contributed by atoms with Crippen LogP contribution in [0.25, 0.3) is 5.82 Å². The molecule has 0 saturated carbocycles. The minimum atomic E-state index is -0.532. The van der Waals surface area contributed by atoms with Crippen molar-refractivity contribution >= 4 is 11.6 Å². The van der Waals surface area contributed by atoms with Crippen molar-refractivity contribution in [1.82, 2.24) is 19.9 Å². The lowest BCUT2D eigenvalue weighted by atomic mass is 10.2. The molecule has 8 nitrogen and oxygen atoms in total. The van der Waals surface area contributed by atoms with Crippen LogP contribution in [0.3, 0.4) is 0 Å². The monoisotopic (exact) mass is 323 g/mol. The third-order valence-corrected chi connectivity index (χ3v) is 3.35. The van der Waals surface area contributed by atoms with Crippen LogP contribution >= 0.6 is 0 Å². The molecule has 1 N–H and O–H groups in total. The van der Waals surface area contributed by atoms with Crippen LogP contribution in [0.4, 0.5) is 5.69 Å². The summed E-state index contributed by atoms with van der Waals surface area (Å²) in [5.74, 6) is 0.346. The van der Waals surface area contributed by atoms with E-state index in [0.717, 1.165) is 11.4 Å². The third-order valence-electron chi connectivity index (χ3n) is 3.35. The second-order valence-corrected chi connectivity index (χ2v) is 4.98. The number of nitro benzene ring substituents is 1. The first kappa shape index (κ1) is 15.3. The zero-order chi connectivity index (χ0) is 16.9. The van der Waals surface area contributed by atoms with E-state index >= 15 is 0 Å². The molecule has 120 valence electrons. The molecule has 2 aromatic heterocycles. The van der Waals surface area contributed by atoms with Crippen molar-refractivity contribution in [3.05, 3.63) is 82.6 Å². The topological polar surface area (TPSA) is 103 Å². The summed E-state index contributed by atoms with van der Waals surface area (Å²) in [5, 5.41) is 13.5. The van der Waals surface area contributed by atoms with Gasteiger partial charge in [0.25, 0.3) is 11.6 Å². The molecule has 0 bridgehead atoms. The third kappa shape index (κ3) is 3.43. The second-order valence-electron chi connectivity index (χ2n) is 4.98. The van der Waals surface area contributed by atoms with Gasteiger partial charge in [0.2, 0.25) is 0 Å². The number of non-ortho nitro benzene ring substituents is 1. The molecule has 24 heavy (non-hydrogen) atoms. The van der Waals surface area contributed by atoms with E-state index in [1.54, 1.807) is 29.5 Å². The number of aromatic nitrogens is 3. The number of imidazole rings is 1. The van der Waals surface area contributed by atoms with Gasteiger partial charge in [-0.25, -0.2) is 9.97 Å². The van der Waals surface area contributed by atoms with E-state index in [-0.39, 0.29) is 23.7 Å². The van der Waals surface area contributed by atoms with Crippen LogP contribution in [-0.2, 0) is 6.54 Å². The van der Waals surface area contributed by atoms with E-state index in [4.69, 9.17) is 0 Å². The minimum absolute atomic E-state index is 0.117. The van der Waals surface area contributed by atoms with Gasteiger partial charge in [0.15, 0.2) is 0 Å². The van der Waals surface area contributed by atoms with Crippen LogP contribution in [-0.4, -0.2) is 25.4 Å². The van der Waals surface area contributed by atoms with Gasteiger partial charge in [-0.3, -0.25) is 19.5 Å². The lowest BCUT2D eigenvalue weighted by molar-refractivity contribution is -0.384. The van der Waals surface area contributed by atoms with Gasteiger partial charge in [0.05, 0.1) is 4.92 Å². The molecule has 0 spiro atoms. The molecule has 0 fully saturated rings. The van der Waals surface area contributed by atoms with Crippen molar-refractivity contribution in [2.75, 3.05) is 0 Å². The average Bonchev–Trinajstić information content (AvgIpc) is 3.15. The van der Waals surface area contributed by atoms with Gasteiger partial charge in [-0.2, -0.15) is 0 Å². The number of amides is 1. The highest BCUT2D eigenvalue weighted by atomic mass is 16.6. The fourth-order valence-electron chi connectivity index (χ4n) is 2.11. The van der Waals surface area contributed by atoms with Crippen LogP contribution in [0.1, 0.15) is 15.9 Å². The van der Waals surface area contributed by atoms with Gasteiger partial charge in [-0.1, -0.05) is 12.1 Å². The number of carbonyl (C=O) groups is 1. The summed E-state index contributed by atoms with van der Waals surface area (Å²) in [6.07, 6.45) is 6.75. The number of carbonyl (C=O) groups excluding carboxylic acids is 1. The molecule has 0 radical (unpaired) electrons. The number of hydrogen-bond donors (Lipinski definition) is 1. The Bertz CT molecular complexity index is 860. The Kier molecular flexibility index (Phi) is 4.28. The van der Waals surface area contributed by atoms with Crippen molar-refractivity contribution < 1.29 is 9.72 Å². The fourth-order valence-corrected chi connectivity index (χ4v) is 2.11. The van der Waals surface area contributed by atoms with Crippen molar-refractivity contribution in [3.63, 3.8) is 0 Å². The lowest BCUT2D eigenvalue weighted by Crippen LogP contribution is -2.22. The fraction of sp³-hybridized carbons (Fsp3) is 0.0625. The highest BCUT2D eigenvalue weighted by Crippen LogP contribution is 2.13. The zero-order valence-electron chi connectivity index (χ0n) is 12.5. The van der Waals surface area contributed by atoms with Gasteiger partial charge in [0, 0.05) is 42.8 Å². The Hall–Kier alpha value is -3.55. The molecular formula is C16H13N5O3. The predicted octanol–water partition coefficient (Wildman–Crippen LogP) is 2.11. The summed E-state index contributed by atoms with van der Waals surface area (Å²) in [6.45, 7) is 0.277. The quantitative estimate of drug-likeness (QED) is 0.572. The molecule has 1 aromatic carbocycles. The molecule has 0 unspecified atom stereocenters. The average molecular weight is 323 g/mol. The summed E-state index contributed by atoms with van der Waals surface area (Å²) in [7, 11) is 0. The summed E-state index contributed by atoms with van der Waals surface area (Å²) >= 11 is 0. The number of nitrogens with one attached hydrogen (secondary N) is 1. The molecule has 1 amide bonds. The summed E-state index contributed by atoms with van der Waals surface area (Å²) < 4.78 is 1.77. The van der Waals surface area contributed by atoms with E-state index in [0.29, 0.717) is 0 Å². The normalized spacial score (nSPS) is 10.3. The molecule has 0 aliphatic rings. The second kappa shape index (κ2) is 6.69. The zero-order valence-corrected chi connectivity index (χ0v) is 12.5. The smallest absolute Gasteiger partial charge is 0.270 e. The molecule has 0 aliphatic carbocycles. The highest BCUT2D eigenvalue weighted by Gasteiger charge is 2.11. The molecule has 3 rings (SSSR count). The van der Waals surface area contributed by atoms with Crippen molar-refractivity contribution in [1.29, 1.82) is 0 Å². The molecule has 0 saturated heterocycles. The number of pyridine rings is 1. The first-order chi connectivity index (χ1) is 11.6. The molecular weight excluding hydrogens is 310 g/mol. The molecule has 3 aromatic rings. The number of hydrogen-bond acceptors (Lipinski definition) is 5. The van der Waals surface area contributed by atoms with Gasteiger partial charge >= 0.3 is 0 Å². The molecule has 2 heterocycles. The number of nitrogens with zero attached hydrogens (tertiary/aromatic N) is 4. The summed E-state index contributed by atoms with van der Waals surface area (Å²) in [4.78, 5) is 30.5. The van der Waals surface area contributed by atoms with E-state index < -0.39 is 4.92 Å². The Morgan fingerprint density at radius 3 is 2.83 bits per heavy atom. The largest absolute Gasteiger partial charge is 0.348 e. The van der Waals surface area contributed by atoms with E-state index in [9.17, 15) is 14.9 Å². The van der Waals surface area contributed by atoms with Crippen LogP contribution in [0.5, 0.6) is 0 Å². The molecule has 8 heteroatoms. The summed E-state index contributed by atoms with van der Waals surface area (Å²) in [6, 6.07) is 9.26. The van der Waals surface area contributed by atoms with Crippen LogP contribution in [0, 0.1) is 10.1 Å². The van der Waals surface area contributed by atoms with E-state index in [1.165, 1.54) is 24.3 Å². The maximum Gasteiger partial charge on any atom is 0.270 e. The SMILES string of the molecule is O=C(NCc1ccc(-n2ccnc2)nc1)c1cccc([N+](=O)[O-])c1. The highest BCUT2D eigenvalue weighted by molar-refractivity contribution is 5.94. The Morgan fingerprint density at radius 2 is 2.17 bits per heavy atom. The Balaban J connectivity index is 1.64. The van der Waals surface area contributed by atoms with Crippen molar-refractivity contribution in [2.45, 2.75) is 6.54 Å². The number of nitro groups is 1.